The smallest absolute Gasteiger partial charge is 0.224 e. The molecule has 0 spiro atoms. The fourth-order valence-corrected chi connectivity index (χ4v) is 1.99. The van der Waals surface area contributed by atoms with Crippen molar-refractivity contribution in [1.29, 1.82) is 0 Å². The van der Waals surface area contributed by atoms with E-state index in [1.165, 1.54) is 0 Å². The molecular weight excluding hydrogens is 204 g/mol. The van der Waals surface area contributed by atoms with Gasteiger partial charge in [-0.1, -0.05) is 0 Å². The van der Waals surface area contributed by atoms with Crippen LogP contribution in [0.1, 0.15) is 31.6 Å². The maximum absolute atomic E-state index is 11.9. The van der Waals surface area contributed by atoms with Gasteiger partial charge in [0.05, 0.1) is 12.0 Å². The first-order valence-electron chi connectivity index (χ1n) is 5.77. The van der Waals surface area contributed by atoms with Gasteiger partial charge >= 0.3 is 0 Å². The molecule has 1 aromatic heterocycles. The van der Waals surface area contributed by atoms with Crippen LogP contribution in [-0.4, -0.2) is 29.0 Å². The summed E-state index contributed by atoms with van der Waals surface area (Å²) in [5.41, 5.74) is 0. The number of carbonyl (C=O) groups excluding carboxylic acids is 1. The van der Waals surface area contributed by atoms with Crippen molar-refractivity contribution in [2.24, 2.45) is 5.92 Å². The van der Waals surface area contributed by atoms with Crippen LogP contribution >= 0.6 is 0 Å². The Morgan fingerprint density at radius 2 is 2.56 bits per heavy atom. The molecule has 0 radical (unpaired) electrons. The maximum Gasteiger partial charge on any atom is 0.224 e. The Morgan fingerprint density at radius 1 is 1.69 bits per heavy atom. The summed E-state index contributed by atoms with van der Waals surface area (Å²) in [6, 6.07) is -0.0515. The Morgan fingerprint density at radius 3 is 3.19 bits per heavy atom. The van der Waals surface area contributed by atoms with Crippen LogP contribution in [0.25, 0.3) is 0 Å². The molecule has 0 aliphatic carbocycles. The Hall–Kier alpha value is -1.36. The summed E-state index contributed by atoms with van der Waals surface area (Å²) < 4.78 is 0. The quantitative estimate of drug-likeness (QED) is 0.701. The third-order valence-electron chi connectivity index (χ3n) is 2.96. The Kier molecular flexibility index (Phi) is 3.56. The summed E-state index contributed by atoms with van der Waals surface area (Å²) in [7, 11) is 0. The van der Waals surface area contributed by atoms with Crippen LogP contribution in [0.15, 0.2) is 12.4 Å². The summed E-state index contributed by atoms with van der Waals surface area (Å²) in [5.74, 6) is 1.03. The van der Waals surface area contributed by atoms with Crippen molar-refractivity contribution in [3.05, 3.63) is 18.2 Å². The number of hydrogen-bond acceptors (Lipinski definition) is 3. The largest absolute Gasteiger partial charge is 0.347 e. The van der Waals surface area contributed by atoms with Gasteiger partial charge in [-0.05, 0) is 26.3 Å². The lowest BCUT2D eigenvalue weighted by Crippen LogP contribution is -2.41. The molecule has 0 saturated carbocycles. The van der Waals surface area contributed by atoms with Crippen molar-refractivity contribution in [3.8, 4) is 0 Å². The molecule has 5 nitrogen and oxygen atoms in total. The van der Waals surface area contributed by atoms with Gasteiger partial charge in [0.15, 0.2) is 0 Å². The Labute approximate surface area is 95.0 Å². The zero-order chi connectivity index (χ0) is 11.4. The minimum Gasteiger partial charge on any atom is -0.347 e. The molecule has 1 aliphatic heterocycles. The van der Waals surface area contributed by atoms with E-state index in [0.717, 1.165) is 31.8 Å². The first-order chi connectivity index (χ1) is 7.77. The first-order valence-corrected chi connectivity index (χ1v) is 5.77. The highest BCUT2D eigenvalue weighted by Crippen LogP contribution is 2.12. The molecule has 16 heavy (non-hydrogen) atoms. The highest BCUT2D eigenvalue weighted by atomic mass is 16.2. The number of nitrogens with one attached hydrogen (secondary N) is 3. The number of H-pyrrole nitrogens is 1. The topological polar surface area (TPSA) is 69.8 Å². The monoisotopic (exact) mass is 222 g/mol. The number of carbonyl (C=O) groups is 1. The average molecular weight is 222 g/mol. The zero-order valence-electron chi connectivity index (χ0n) is 9.49. The lowest BCUT2D eigenvalue weighted by atomic mass is 9.98. The Balaban J connectivity index is 1.86. The molecule has 2 unspecified atom stereocenters. The van der Waals surface area contributed by atoms with Crippen LogP contribution in [-0.2, 0) is 4.79 Å². The second-order valence-corrected chi connectivity index (χ2v) is 4.25. The van der Waals surface area contributed by atoms with E-state index in [-0.39, 0.29) is 17.9 Å². The number of rotatable bonds is 3. The third-order valence-corrected chi connectivity index (χ3v) is 2.96. The second-order valence-electron chi connectivity index (χ2n) is 4.25. The predicted molar refractivity (Wildman–Crippen MR) is 60.7 cm³/mol. The Bertz CT molecular complexity index is 330. The van der Waals surface area contributed by atoms with Gasteiger partial charge in [-0.3, -0.25) is 4.79 Å². The summed E-state index contributed by atoms with van der Waals surface area (Å²) in [6.07, 6.45) is 5.51. The number of aromatic nitrogens is 2. The van der Waals surface area contributed by atoms with Crippen molar-refractivity contribution >= 4 is 5.91 Å². The molecule has 0 bridgehead atoms. The number of hydrogen-bond donors (Lipinski definition) is 3. The van der Waals surface area contributed by atoms with Crippen molar-refractivity contribution in [2.75, 3.05) is 13.1 Å². The molecule has 88 valence electrons. The molecule has 1 saturated heterocycles. The second kappa shape index (κ2) is 5.12. The van der Waals surface area contributed by atoms with Crippen LogP contribution in [0.2, 0.25) is 0 Å². The standard InChI is InChI=1S/C11H18N4O/c1-8(10-13-5-6-14-10)15-11(16)9-3-2-4-12-7-9/h5-6,8-9,12H,2-4,7H2,1H3,(H,13,14)(H,15,16). The van der Waals surface area contributed by atoms with E-state index in [1.807, 2.05) is 6.92 Å². The normalized spacial score (nSPS) is 22.7. The molecule has 1 fully saturated rings. The molecule has 2 atom stereocenters. The minimum absolute atomic E-state index is 0.0515. The molecule has 3 N–H and O–H groups in total. The van der Waals surface area contributed by atoms with Gasteiger partial charge in [0, 0.05) is 18.9 Å². The van der Waals surface area contributed by atoms with Gasteiger partial charge in [0.1, 0.15) is 5.82 Å². The molecule has 2 rings (SSSR count). The maximum atomic E-state index is 11.9. The third kappa shape index (κ3) is 2.61. The van der Waals surface area contributed by atoms with E-state index in [2.05, 4.69) is 20.6 Å². The fraction of sp³-hybridized carbons (Fsp3) is 0.636. The SMILES string of the molecule is CC(NC(=O)C1CCCNC1)c1ncc[nH]1. The number of imidazole rings is 1. The van der Waals surface area contributed by atoms with Crippen molar-refractivity contribution in [3.63, 3.8) is 0 Å². The molecule has 5 heteroatoms. The van der Waals surface area contributed by atoms with Crippen LogP contribution < -0.4 is 10.6 Å². The summed E-state index contributed by atoms with van der Waals surface area (Å²) in [5, 5.41) is 6.22. The van der Waals surface area contributed by atoms with E-state index in [0.29, 0.717) is 0 Å². The minimum atomic E-state index is -0.0515. The van der Waals surface area contributed by atoms with Gasteiger partial charge in [-0.2, -0.15) is 0 Å². The molecule has 1 amide bonds. The summed E-state index contributed by atoms with van der Waals surface area (Å²) >= 11 is 0. The van der Waals surface area contributed by atoms with E-state index in [4.69, 9.17) is 0 Å². The van der Waals surface area contributed by atoms with Gasteiger partial charge < -0.3 is 15.6 Å². The molecule has 1 aliphatic rings. The van der Waals surface area contributed by atoms with Crippen LogP contribution in [0.4, 0.5) is 0 Å². The lowest BCUT2D eigenvalue weighted by molar-refractivity contribution is -0.126. The van der Waals surface area contributed by atoms with Gasteiger partial charge in [0.25, 0.3) is 0 Å². The number of nitrogens with zero attached hydrogens (tertiary/aromatic N) is 1. The number of piperidine rings is 1. The van der Waals surface area contributed by atoms with Crippen LogP contribution in [0, 0.1) is 5.92 Å². The highest BCUT2D eigenvalue weighted by Gasteiger charge is 2.22. The van der Waals surface area contributed by atoms with Gasteiger partial charge in [0.2, 0.25) is 5.91 Å². The van der Waals surface area contributed by atoms with E-state index in [1.54, 1.807) is 12.4 Å². The van der Waals surface area contributed by atoms with E-state index < -0.39 is 0 Å². The molecule has 1 aromatic rings. The average Bonchev–Trinajstić information content (AvgIpc) is 2.83. The van der Waals surface area contributed by atoms with E-state index in [9.17, 15) is 4.79 Å². The van der Waals surface area contributed by atoms with Gasteiger partial charge in [-0.15, -0.1) is 0 Å². The van der Waals surface area contributed by atoms with Gasteiger partial charge in [-0.25, -0.2) is 4.98 Å². The molecule has 2 heterocycles. The van der Waals surface area contributed by atoms with Crippen molar-refractivity contribution < 1.29 is 4.79 Å². The number of aromatic amines is 1. The zero-order valence-corrected chi connectivity index (χ0v) is 9.49. The fourth-order valence-electron chi connectivity index (χ4n) is 1.99. The van der Waals surface area contributed by atoms with Crippen molar-refractivity contribution in [1.82, 2.24) is 20.6 Å². The molecular formula is C11H18N4O. The molecule has 0 aromatic carbocycles. The predicted octanol–water partition coefficient (Wildman–Crippen LogP) is 0.586. The summed E-state index contributed by atoms with van der Waals surface area (Å²) in [6.45, 7) is 3.75. The van der Waals surface area contributed by atoms with Crippen LogP contribution in [0.3, 0.4) is 0 Å². The number of amides is 1. The van der Waals surface area contributed by atoms with E-state index >= 15 is 0 Å². The first kappa shape index (κ1) is 11.1. The highest BCUT2D eigenvalue weighted by molar-refractivity contribution is 5.79. The summed E-state index contributed by atoms with van der Waals surface area (Å²) in [4.78, 5) is 19.0. The van der Waals surface area contributed by atoms with Crippen LogP contribution in [0.5, 0.6) is 0 Å². The van der Waals surface area contributed by atoms with Crippen molar-refractivity contribution in [2.45, 2.75) is 25.8 Å². The lowest BCUT2D eigenvalue weighted by Gasteiger charge is -2.23.